The molecule has 0 radical (unpaired) electrons. The molecule has 0 unspecified atom stereocenters. The molecule has 0 atom stereocenters. The van der Waals surface area contributed by atoms with E-state index in [1.807, 2.05) is 18.7 Å². The van der Waals surface area contributed by atoms with Gasteiger partial charge in [0.15, 0.2) is 0 Å². The summed E-state index contributed by atoms with van der Waals surface area (Å²) in [6.07, 6.45) is 2.07. The number of nitrogens with zero attached hydrogens (tertiary/aromatic N) is 5. The molecule has 4 rings (SSSR count). The van der Waals surface area contributed by atoms with E-state index in [0.29, 0.717) is 17.8 Å². The number of carbonyl (C=O) groups excluding carboxylic acids is 2. The molecule has 0 N–H and O–H groups in total. The molecule has 7 nitrogen and oxygen atoms in total. The first-order chi connectivity index (χ1) is 12.5. The van der Waals surface area contributed by atoms with Crippen LogP contribution in [0.1, 0.15) is 32.0 Å². The van der Waals surface area contributed by atoms with Gasteiger partial charge in [0.2, 0.25) is 0 Å². The number of rotatable bonds is 4. The van der Waals surface area contributed by atoms with Crippen LogP contribution < -0.4 is 0 Å². The fourth-order valence-corrected chi connectivity index (χ4v) is 3.70. The van der Waals surface area contributed by atoms with Crippen LogP contribution in [0.2, 0.25) is 0 Å². The first kappa shape index (κ1) is 16.9. The van der Waals surface area contributed by atoms with Gasteiger partial charge >= 0.3 is 0 Å². The zero-order chi connectivity index (χ0) is 18.3. The van der Waals surface area contributed by atoms with Crippen LogP contribution in [0.4, 0.5) is 0 Å². The minimum absolute atomic E-state index is 0.181. The van der Waals surface area contributed by atoms with Crippen molar-refractivity contribution in [1.82, 2.24) is 24.5 Å². The maximum Gasteiger partial charge on any atom is 0.262 e. The van der Waals surface area contributed by atoms with E-state index in [4.69, 9.17) is 0 Å². The van der Waals surface area contributed by atoms with Crippen LogP contribution in [-0.4, -0.2) is 69.1 Å². The van der Waals surface area contributed by atoms with Crippen molar-refractivity contribution in [2.24, 2.45) is 7.05 Å². The normalized spacial score (nSPS) is 18.6. The number of imide groups is 1. The number of benzene rings is 1. The fourth-order valence-electron chi connectivity index (χ4n) is 3.70. The van der Waals surface area contributed by atoms with Gasteiger partial charge in [-0.1, -0.05) is 12.1 Å². The maximum absolute atomic E-state index is 12.5. The van der Waals surface area contributed by atoms with Gasteiger partial charge in [-0.25, -0.2) is 0 Å². The molecule has 2 amide bonds. The monoisotopic (exact) mass is 353 g/mol. The third-order valence-electron chi connectivity index (χ3n) is 5.19. The number of carbonyl (C=O) groups is 2. The Labute approximate surface area is 152 Å². The number of hydrogen-bond donors (Lipinski definition) is 0. The predicted octanol–water partition coefficient (Wildman–Crippen LogP) is 1.10. The molecule has 2 aliphatic rings. The molecule has 0 aliphatic carbocycles. The van der Waals surface area contributed by atoms with Crippen LogP contribution in [0.25, 0.3) is 0 Å². The molecular weight excluding hydrogens is 330 g/mol. The van der Waals surface area contributed by atoms with Crippen molar-refractivity contribution in [3.63, 3.8) is 0 Å². The lowest BCUT2D eigenvalue weighted by atomic mass is 10.1. The van der Waals surface area contributed by atoms with Crippen molar-refractivity contribution in [1.29, 1.82) is 0 Å². The Morgan fingerprint density at radius 1 is 0.962 bits per heavy atom. The highest BCUT2D eigenvalue weighted by Crippen LogP contribution is 2.23. The number of aryl methyl sites for hydroxylation is 2. The van der Waals surface area contributed by atoms with Crippen LogP contribution in [0.5, 0.6) is 0 Å². The Morgan fingerprint density at radius 3 is 2.08 bits per heavy atom. The van der Waals surface area contributed by atoms with E-state index in [1.165, 1.54) is 10.5 Å². The van der Waals surface area contributed by atoms with Crippen molar-refractivity contribution in [2.45, 2.75) is 13.5 Å². The van der Waals surface area contributed by atoms with Gasteiger partial charge in [0.05, 0.1) is 23.5 Å². The highest BCUT2D eigenvalue weighted by atomic mass is 16.2. The summed E-state index contributed by atoms with van der Waals surface area (Å²) in [7, 11) is 1.94. The predicted molar refractivity (Wildman–Crippen MR) is 96.6 cm³/mol. The van der Waals surface area contributed by atoms with Gasteiger partial charge in [-0.2, -0.15) is 5.10 Å². The molecule has 0 bridgehead atoms. The summed E-state index contributed by atoms with van der Waals surface area (Å²) in [6, 6.07) is 7.05. The van der Waals surface area contributed by atoms with Gasteiger partial charge in [-0.15, -0.1) is 0 Å². The number of fused-ring (bicyclic) bond motifs is 1. The van der Waals surface area contributed by atoms with E-state index in [9.17, 15) is 9.59 Å². The summed E-state index contributed by atoms with van der Waals surface area (Å²) in [5, 5.41) is 4.39. The Balaban J connectivity index is 1.34. The third-order valence-corrected chi connectivity index (χ3v) is 5.19. The summed E-state index contributed by atoms with van der Waals surface area (Å²) >= 11 is 0. The van der Waals surface area contributed by atoms with Gasteiger partial charge < -0.3 is 0 Å². The average Bonchev–Trinajstić information content (AvgIpc) is 3.08. The summed E-state index contributed by atoms with van der Waals surface area (Å²) in [5.41, 5.74) is 3.36. The molecule has 0 saturated carbocycles. The van der Waals surface area contributed by atoms with E-state index in [-0.39, 0.29) is 11.8 Å². The molecule has 1 saturated heterocycles. The second kappa shape index (κ2) is 6.66. The maximum atomic E-state index is 12.5. The van der Waals surface area contributed by atoms with Crippen molar-refractivity contribution < 1.29 is 9.59 Å². The molecule has 26 heavy (non-hydrogen) atoms. The first-order valence-corrected chi connectivity index (χ1v) is 8.92. The molecule has 2 aliphatic heterocycles. The van der Waals surface area contributed by atoms with Crippen molar-refractivity contribution >= 4 is 11.8 Å². The van der Waals surface area contributed by atoms with Crippen molar-refractivity contribution in [3.05, 3.63) is 52.8 Å². The lowest BCUT2D eigenvalue weighted by Gasteiger charge is -2.36. The molecular formula is C19H23N5O2. The SMILES string of the molecule is Cc1nn(C)cc1CN1CCN(CN2C(=O)c3ccccc3C2=O)CC1. The molecule has 1 fully saturated rings. The molecule has 136 valence electrons. The number of aromatic nitrogens is 2. The Bertz CT molecular complexity index is 816. The second-order valence-electron chi connectivity index (χ2n) is 7.03. The van der Waals surface area contributed by atoms with E-state index in [0.717, 1.165) is 38.4 Å². The Hall–Kier alpha value is -2.51. The molecule has 2 aromatic rings. The number of amides is 2. The lowest BCUT2D eigenvalue weighted by Crippen LogP contribution is -2.50. The summed E-state index contributed by atoms with van der Waals surface area (Å²) in [6.45, 7) is 6.80. The number of piperazine rings is 1. The van der Waals surface area contributed by atoms with Gasteiger partial charge in [0.1, 0.15) is 0 Å². The van der Waals surface area contributed by atoms with Gasteiger partial charge in [0.25, 0.3) is 11.8 Å². The summed E-state index contributed by atoms with van der Waals surface area (Å²) in [5.74, 6) is -0.363. The smallest absolute Gasteiger partial charge is 0.262 e. The van der Waals surface area contributed by atoms with Crippen LogP contribution in [-0.2, 0) is 13.6 Å². The Morgan fingerprint density at radius 2 is 1.54 bits per heavy atom. The molecule has 3 heterocycles. The highest BCUT2D eigenvalue weighted by molar-refractivity contribution is 6.21. The van der Waals surface area contributed by atoms with Gasteiger partial charge in [0, 0.05) is 51.5 Å². The highest BCUT2D eigenvalue weighted by Gasteiger charge is 2.36. The van der Waals surface area contributed by atoms with Crippen LogP contribution in [0.15, 0.2) is 30.5 Å². The van der Waals surface area contributed by atoms with Gasteiger partial charge in [-0.05, 0) is 19.1 Å². The average molecular weight is 353 g/mol. The molecule has 0 spiro atoms. The van der Waals surface area contributed by atoms with Crippen LogP contribution in [0, 0.1) is 6.92 Å². The summed E-state index contributed by atoms with van der Waals surface area (Å²) in [4.78, 5) is 30.9. The van der Waals surface area contributed by atoms with E-state index in [2.05, 4.69) is 21.1 Å². The summed E-state index contributed by atoms with van der Waals surface area (Å²) < 4.78 is 1.85. The minimum atomic E-state index is -0.181. The van der Waals surface area contributed by atoms with E-state index < -0.39 is 0 Å². The van der Waals surface area contributed by atoms with E-state index in [1.54, 1.807) is 24.3 Å². The topological polar surface area (TPSA) is 61.7 Å². The second-order valence-corrected chi connectivity index (χ2v) is 7.03. The van der Waals surface area contributed by atoms with Crippen LogP contribution in [0.3, 0.4) is 0 Å². The zero-order valence-corrected chi connectivity index (χ0v) is 15.2. The molecule has 7 heteroatoms. The molecule has 1 aromatic carbocycles. The zero-order valence-electron chi connectivity index (χ0n) is 15.2. The largest absolute Gasteiger partial charge is 0.296 e. The minimum Gasteiger partial charge on any atom is -0.296 e. The van der Waals surface area contributed by atoms with E-state index >= 15 is 0 Å². The quantitative estimate of drug-likeness (QED) is 0.771. The van der Waals surface area contributed by atoms with Crippen LogP contribution >= 0.6 is 0 Å². The molecule has 1 aromatic heterocycles. The van der Waals surface area contributed by atoms with Crippen molar-refractivity contribution in [3.8, 4) is 0 Å². The fraction of sp³-hybridized carbons (Fsp3) is 0.421. The lowest BCUT2D eigenvalue weighted by molar-refractivity contribution is 0.0447. The first-order valence-electron chi connectivity index (χ1n) is 8.92. The number of hydrogen-bond acceptors (Lipinski definition) is 5. The Kier molecular flexibility index (Phi) is 4.34. The van der Waals surface area contributed by atoms with Gasteiger partial charge in [-0.3, -0.25) is 29.0 Å². The standard InChI is InChI=1S/C19H23N5O2/c1-14-15(11-21(2)20-14)12-22-7-9-23(10-8-22)13-24-18(25)16-5-3-4-6-17(16)19(24)26/h3-6,11H,7-10,12-13H2,1-2H3. The van der Waals surface area contributed by atoms with Crippen molar-refractivity contribution in [2.75, 3.05) is 32.8 Å². The third kappa shape index (κ3) is 3.04.